The van der Waals surface area contributed by atoms with Crippen molar-refractivity contribution in [2.75, 3.05) is 19.0 Å². The van der Waals surface area contributed by atoms with Crippen LogP contribution in [0.15, 0.2) is 71.6 Å². The first-order chi connectivity index (χ1) is 15.3. The number of hydrogen-bond donors (Lipinski definition) is 2. The molecule has 0 saturated carbocycles. The first-order valence-electron chi connectivity index (χ1n) is 9.69. The van der Waals surface area contributed by atoms with Gasteiger partial charge >= 0.3 is 0 Å². The van der Waals surface area contributed by atoms with Crippen LogP contribution in [-0.4, -0.2) is 28.0 Å². The number of aryl methyl sites for hydroxylation is 1. The van der Waals surface area contributed by atoms with Gasteiger partial charge in [0.25, 0.3) is 5.91 Å². The van der Waals surface area contributed by atoms with E-state index in [2.05, 4.69) is 10.0 Å². The SMILES string of the molecule is COc1ccc(C)cc1NC(=O)COc1ccc(S(=O)(=O)NCc2ccccc2)cc1Cl. The molecule has 1 amide bonds. The van der Waals surface area contributed by atoms with Crippen molar-refractivity contribution in [3.8, 4) is 11.5 Å². The zero-order valence-electron chi connectivity index (χ0n) is 17.6. The molecular formula is C23H23ClN2O5S. The number of amides is 1. The summed E-state index contributed by atoms with van der Waals surface area (Å²) in [5.41, 5.74) is 2.32. The highest BCUT2D eigenvalue weighted by molar-refractivity contribution is 7.89. The lowest BCUT2D eigenvalue weighted by Gasteiger charge is -2.13. The molecule has 3 aromatic carbocycles. The van der Waals surface area contributed by atoms with Gasteiger partial charge in [0, 0.05) is 6.54 Å². The molecule has 0 aliphatic carbocycles. The fourth-order valence-corrected chi connectivity index (χ4v) is 4.22. The Balaban J connectivity index is 1.61. The van der Waals surface area contributed by atoms with E-state index in [0.29, 0.717) is 11.4 Å². The van der Waals surface area contributed by atoms with E-state index >= 15 is 0 Å². The van der Waals surface area contributed by atoms with Gasteiger partial charge in [0.15, 0.2) is 6.61 Å². The van der Waals surface area contributed by atoms with Crippen LogP contribution in [0.25, 0.3) is 0 Å². The molecule has 0 radical (unpaired) electrons. The van der Waals surface area contributed by atoms with E-state index in [1.165, 1.54) is 25.3 Å². The fourth-order valence-electron chi connectivity index (χ4n) is 2.87. The topological polar surface area (TPSA) is 93.7 Å². The summed E-state index contributed by atoms with van der Waals surface area (Å²) in [4.78, 5) is 12.3. The second-order valence-corrected chi connectivity index (χ2v) is 9.12. The van der Waals surface area contributed by atoms with Crippen molar-refractivity contribution in [2.24, 2.45) is 0 Å². The van der Waals surface area contributed by atoms with Gasteiger partial charge in [-0.2, -0.15) is 0 Å². The molecular weight excluding hydrogens is 452 g/mol. The number of carbonyl (C=O) groups excluding carboxylic acids is 1. The van der Waals surface area contributed by atoms with Crippen LogP contribution in [-0.2, 0) is 21.4 Å². The van der Waals surface area contributed by atoms with Gasteiger partial charge in [-0.1, -0.05) is 48.0 Å². The zero-order chi connectivity index (χ0) is 23.1. The van der Waals surface area contributed by atoms with Crippen molar-refractivity contribution in [3.05, 3.63) is 82.9 Å². The lowest BCUT2D eigenvalue weighted by molar-refractivity contribution is -0.118. The predicted octanol–water partition coefficient (Wildman–Crippen LogP) is 4.15. The highest BCUT2D eigenvalue weighted by Gasteiger charge is 2.17. The zero-order valence-corrected chi connectivity index (χ0v) is 19.2. The molecule has 3 aromatic rings. The fraction of sp³-hybridized carbons (Fsp3) is 0.174. The molecule has 0 spiro atoms. The summed E-state index contributed by atoms with van der Waals surface area (Å²) in [7, 11) is -2.25. The Hall–Kier alpha value is -3.07. The second-order valence-electron chi connectivity index (χ2n) is 6.94. The minimum Gasteiger partial charge on any atom is -0.495 e. The van der Waals surface area contributed by atoms with E-state index in [1.807, 2.05) is 43.3 Å². The monoisotopic (exact) mass is 474 g/mol. The number of carbonyl (C=O) groups is 1. The lowest BCUT2D eigenvalue weighted by Crippen LogP contribution is -2.23. The van der Waals surface area contributed by atoms with Gasteiger partial charge in [-0.05, 0) is 48.4 Å². The Bertz CT molecular complexity index is 1200. The average molecular weight is 475 g/mol. The predicted molar refractivity (Wildman–Crippen MR) is 124 cm³/mol. The van der Waals surface area contributed by atoms with Crippen LogP contribution in [0.2, 0.25) is 5.02 Å². The Labute approximate surface area is 192 Å². The van der Waals surface area contributed by atoms with E-state index in [9.17, 15) is 13.2 Å². The normalized spacial score (nSPS) is 11.1. The van der Waals surface area contributed by atoms with Crippen molar-refractivity contribution in [3.63, 3.8) is 0 Å². The number of anilines is 1. The van der Waals surface area contributed by atoms with Crippen LogP contribution in [0.5, 0.6) is 11.5 Å². The molecule has 0 aliphatic rings. The van der Waals surface area contributed by atoms with Crippen molar-refractivity contribution in [2.45, 2.75) is 18.4 Å². The van der Waals surface area contributed by atoms with Crippen LogP contribution in [0.3, 0.4) is 0 Å². The molecule has 0 unspecified atom stereocenters. The second kappa shape index (κ2) is 10.5. The van der Waals surface area contributed by atoms with Gasteiger partial charge in [-0.3, -0.25) is 4.79 Å². The molecule has 32 heavy (non-hydrogen) atoms. The average Bonchev–Trinajstić information content (AvgIpc) is 2.78. The largest absolute Gasteiger partial charge is 0.495 e. The Morgan fingerprint density at radius 3 is 2.41 bits per heavy atom. The first kappa shape index (κ1) is 23.6. The van der Waals surface area contributed by atoms with Crippen molar-refractivity contribution in [1.29, 1.82) is 0 Å². The number of halogens is 1. The minimum absolute atomic E-state index is 0.000250. The number of benzene rings is 3. The van der Waals surface area contributed by atoms with Crippen LogP contribution >= 0.6 is 11.6 Å². The van der Waals surface area contributed by atoms with E-state index in [4.69, 9.17) is 21.1 Å². The van der Waals surface area contributed by atoms with Gasteiger partial charge in [-0.25, -0.2) is 13.1 Å². The number of nitrogens with one attached hydrogen (secondary N) is 2. The number of ether oxygens (including phenoxy) is 2. The molecule has 0 atom stereocenters. The maximum atomic E-state index is 12.5. The quantitative estimate of drug-likeness (QED) is 0.486. The van der Waals surface area contributed by atoms with Crippen molar-refractivity contribution >= 4 is 33.2 Å². The number of rotatable bonds is 9. The van der Waals surface area contributed by atoms with Crippen LogP contribution in [0, 0.1) is 6.92 Å². The first-order valence-corrected chi connectivity index (χ1v) is 11.5. The van der Waals surface area contributed by atoms with Crippen molar-refractivity contribution in [1.82, 2.24) is 4.72 Å². The Kier molecular flexibility index (Phi) is 7.74. The van der Waals surface area contributed by atoms with E-state index < -0.39 is 15.9 Å². The summed E-state index contributed by atoms with van der Waals surface area (Å²) in [5, 5.41) is 2.80. The van der Waals surface area contributed by atoms with Gasteiger partial charge < -0.3 is 14.8 Å². The maximum absolute atomic E-state index is 12.5. The van der Waals surface area contributed by atoms with E-state index in [-0.39, 0.29) is 28.8 Å². The summed E-state index contributed by atoms with van der Waals surface area (Å²) in [6.45, 7) is 1.74. The smallest absolute Gasteiger partial charge is 0.262 e. The number of hydrogen-bond acceptors (Lipinski definition) is 5. The lowest BCUT2D eigenvalue weighted by atomic mass is 10.2. The molecule has 7 nitrogen and oxygen atoms in total. The molecule has 0 heterocycles. The molecule has 0 aliphatic heterocycles. The van der Waals surface area contributed by atoms with Gasteiger partial charge in [0.1, 0.15) is 11.5 Å². The summed E-state index contributed by atoms with van der Waals surface area (Å²) < 4.78 is 38.3. The van der Waals surface area contributed by atoms with Gasteiger partial charge in [0.2, 0.25) is 10.0 Å². The highest BCUT2D eigenvalue weighted by Crippen LogP contribution is 2.28. The summed E-state index contributed by atoms with van der Waals surface area (Å²) >= 11 is 6.20. The summed E-state index contributed by atoms with van der Waals surface area (Å²) in [6, 6.07) is 18.6. The minimum atomic E-state index is -3.76. The molecule has 0 aromatic heterocycles. The summed E-state index contributed by atoms with van der Waals surface area (Å²) in [5.74, 6) is 0.311. The highest BCUT2D eigenvalue weighted by atomic mass is 35.5. The van der Waals surface area contributed by atoms with Crippen LogP contribution in [0.1, 0.15) is 11.1 Å². The van der Waals surface area contributed by atoms with Crippen LogP contribution in [0.4, 0.5) is 5.69 Å². The third kappa shape index (κ3) is 6.23. The summed E-state index contributed by atoms with van der Waals surface area (Å²) in [6.07, 6.45) is 0. The molecule has 2 N–H and O–H groups in total. The van der Waals surface area contributed by atoms with Crippen LogP contribution < -0.4 is 19.5 Å². The molecule has 0 fully saturated rings. The van der Waals surface area contributed by atoms with Gasteiger partial charge in [0.05, 0.1) is 22.7 Å². The molecule has 168 valence electrons. The molecule has 9 heteroatoms. The third-order valence-corrected chi connectivity index (χ3v) is 6.20. The standard InChI is InChI=1S/C23H23ClN2O5S/c1-16-8-10-22(30-2)20(12-16)26-23(27)15-31-21-11-9-18(13-19(21)24)32(28,29)25-14-17-6-4-3-5-7-17/h3-13,25H,14-15H2,1-2H3,(H,26,27). The third-order valence-electron chi connectivity index (χ3n) is 4.51. The number of methoxy groups -OCH3 is 1. The van der Waals surface area contributed by atoms with Crippen molar-refractivity contribution < 1.29 is 22.7 Å². The van der Waals surface area contributed by atoms with E-state index in [0.717, 1.165) is 11.1 Å². The van der Waals surface area contributed by atoms with E-state index in [1.54, 1.807) is 12.1 Å². The molecule has 0 bridgehead atoms. The Morgan fingerprint density at radius 2 is 1.72 bits per heavy atom. The maximum Gasteiger partial charge on any atom is 0.262 e. The molecule has 3 rings (SSSR count). The number of sulfonamides is 1. The molecule has 0 saturated heterocycles. The Morgan fingerprint density at radius 1 is 1.00 bits per heavy atom. The van der Waals surface area contributed by atoms with Gasteiger partial charge in [-0.15, -0.1) is 0 Å².